The van der Waals surface area contributed by atoms with Gasteiger partial charge in [0.1, 0.15) is 0 Å². The zero-order valence-electron chi connectivity index (χ0n) is 9.75. The number of benzene rings is 2. The van der Waals surface area contributed by atoms with Gasteiger partial charge in [-0.3, -0.25) is 4.90 Å². The number of fused-ring (bicyclic) bond motifs is 4. The number of hydrogen-bond acceptors (Lipinski definition) is 4. The number of aliphatic hydroxyl groups is 1. The van der Waals surface area contributed by atoms with Crippen LogP contribution in [0.15, 0.2) is 52.4 Å². The fourth-order valence-corrected chi connectivity index (χ4v) is 3.58. The molecular weight excluding hydrogens is 280 g/mol. The Morgan fingerprint density at radius 2 is 2.05 bits per heavy atom. The Labute approximate surface area is 119 Å². The Kier molecular flexibility index (Phi) is 2.39. The number of anilines is 1. The predicted octanol–water partition coefficient (Wildman–Crippen LogP) is 3.94. The van der Waals surface area contributed by atoms with E-state index in [4.69, 9.17) is 11.6 Å². The molecule has 2 aromatic rings. The summed E-state index contributed by atoms with van der Waals surface area (Å²) >= 11 is 7.60. The summed E-state index contributed by atoms with van der Waals surface area (Å²) in [7, 11) is 0. The zero-order chi connectivity index (χ0) is 13.0. The average Bonchev–Trinajstić information content (AvgIpc) is 2.76. The summed E-state index contributed by atoms with van der Waals surface area (Å²) in [4.78, 5) is 7.50. The lowest BCUT2D eigenvalue weighted by molar-refractivity contribution is 0.187. The molecule has 1 N–H and O–H groups in total. The van der Waals surface area contributed by atoms with Crippen molar-refractivity contribution in [3.05, 3.63) is 53.1 Å². The number of amidine groups is 1. The van der Waals surface area contributed by atoms with Crippen molar-refractivity contribution in [2.75, 3.05) is 4.90 Å². The SMILES string of the molecule is OC1c2ccccc2N=C2Sc3ccc(Cl)cc3N21. The van der Waals surface area contributed by atoms with Crippen molar-refractivity contribution >= 4 is 39.9 Å². The Hall–Kier alpha value is -1.49. The maximum atomic E-state index is 10.6. The molecule has 5 heteroatoms. The van der Waals surface area contributed by atoms with Crippen molar-refractivity contribution in [3.8, 4) is 0 Å². The van der Waals surface area contributed by atoms with Gasteiger partial charge in [-0.2, -0.15) is 0 Å². The topological polar surface area (TPSA) is 35.8 Å². The Morgan fingerprint density at radius 1 is 1.21 bits per heavy atom. The van der Waals surface area contributed by atoms with Gasteiger partial charge in [0.15, 0.2) is 11.4 Å². The number of aliphatic imine (C=N–C) groups is 1. The zero-order valence-corrected chi connectivity index (χ0v) is 11.3. The predicted molar refractivity (Wildman–Crippen MR) is 78.3 cm³/mol. The minimum absolute atomic E-state index is 0.659. The lowest BCUT2D eigenvalue weighted by Gasteiger charge is -2.30. The molecule has 2 aliphatic rings. The van der Waals surface area contributed by atoms with Gasteiger partial charge in [-0.05, 0) is 36.0 Å². The van der Waals surface area contributed by atoms with Crippen molar-refractivity contribution in [1.82, 2.24) is 0 Å². The molecule has 0 bridgehead atoms. The summed E-state index contributed by atoms with van der Waals surface area (Å²) in [5, 5.41) is 12.0. The average molecular weight is 289 g/mol. The standard InChI is InChI=1S/C14H9ClN2OS/c15-8-5-6-12-11(7-8)17-13(18)9-3-1-2-4-10(9)16-14(17)19-12/h1-7,13,18H. The van der Waals surface area contributed by atoms with Gasteiger partial charge in [-0.25, -0.2) is 4.99 Å². The molecule has 0 amide bonds. The minimum atomic E-state index is -0.712. The lowest BCUT2D eigenvalue weighted by Crippen LogP contribution is -2.32. The van der Waals surface area contributed by atoms with Crippen LogP contribution in [0.4, 0.5) is 11.4 Å². The number of hydrogen-bond donors (Lipinski definition) is 1. The fourth-order valence-electron chi connectivity index (χ4n) is 2.38. The highest BCUT2D eigenvalue weighted by atomic mass is 35.5. The molecule has 1 atom stereocenters. The second-order valence-electron chi connectivity index (χ2n) is 4.41. The molecule has 1 unspecified atom stereocenters. The third-order valence-corrected chi connectivity index (χ3v) is 4.53. The van der Waals surface area contributed by atoms with Crippen LogP contribution < -0.4 is 4.90 Å². The number of thioether (sulfide) groups is 1. The van der Waals surface area contributed by atoms with Crippen LogP contribution in [0.25, 0.3) is 0 Å². The van der Waals surface area contributed by atoms with Crippen LogP contribution in [0, 0.1) is 0 Å². The maximum absolute atomic E-state index is 10.6. The number of nitrogens with zero attached hydrogens (tertiary/aromatic N) is 2. The molecule has 0 spiro atoms. The molecule has 2 heterocycles. The Balaban J connectivity index is 1.92. The number of aliphatic hydroxyl groups excluding tert-OH is 1. The van der Waals surface area contributed by atoms with Gasteiger partial charge in [-0.15, -0.1) is 0 Å². The molecule has 0 aromatic heterocycles. The summed E-state index contributed by atoms with van der Waals surface area (Å²) in [6.45, 7) is 0. The molecule has 2 aliphatic heterocycles. The summed E-state index contributed by atoms with van der Waals surface area (Å²) < 4.78 is 0. The van der Waals surface area contributed by atoms with Crippen LogP contribution in [0.1, 0.15) is 11.8 Å². The summed E-state index contributed by atoms with van der Waals surface area (Å²) in [5.74, 6) is 0. The van der Waals surface area contributed by atoms with E-state index in [-0.39, 0.29) is 0 Å². The smallest absolute Gasteiger partial charge is 0.176 e. The summed E-state index contributed by atoms with van der Waals surface area (Å²) in [5.41, 5.74) is 2.56. The van der Waals surface area contributed by atoms with E-state index in [1.54, 1.807) is 11.8 Å². The van der Waals surface area contributed by atoms with Gasteiger partial charge < -0.3 is 5.11 Å². The number of rotatable bonds is 0. The monoisotopic (exact) mass is 288 g/mol. The highest BCUT2D eigenvalue weighted by Gasteiger charge is 2.36. The Bertz CT molecular complexity index is 716. The van der Waals surface area contributed by atoms with Gasteiger partial charge in [-0.1, -0.05) is 29.8 Å². The van der Waals surface area contributed by atoms with Crippen molar-refractivity contribution in [3.63, 3.8) is 0 Å². The summed E-state index contributed by atoms with van der Waals surface area (Å²) in [6.07, 6.45) is -0.712. The van der Waals surface area contributed by atoms with E-state index in [1.165, 1.54) is 0 Å². The molecular formula is C14H9ClN2OS. The molecule has 2 aromatic carbocycles. The van der Waals surface area contributed by atoms with Crippen LogP contribution in [0.2, 0.25) is 5.02 Å². The third-order valence-electron chi connectivity index (χ3n) is 3.26. The lowest BCUT2D eigenvalue weighted by atomic mass is 10.1. The highest BCUT2D eigenvalue weighted by molar-refractivity contribution is 8.14. The van der Waals surface area contributed by atoms with Crippen molar-refractivity contribution < 1.29 is 5.11 Å². The Morgan fingerprint density at radius 3 is 2.95 bits per heavy atom. The first-order valence-electron chi connectivity index (χ1n) is 5.86. The largest absolute Gasteiger partial charge is 0.369 e. The van der Waals surface area contributed by atoms with E-state index >= 15 is 0 Å². The van der Waals surface area contributed by atoms with Crippen LogP contribution >= 0.6 is 23.4 Å². The molecule has 4 rings (SSSR count). The van der Waals surface area contributed by atoms with Crippen LogP contribution in [0.3, 0.4) is 0 Å². The van der Waals surface area contributed by atoms with Crippen LogP contribution in [0.5, 0.6) is 0 Å². The van der Waals surface area contributed by atoms with Gasteiger partial charge in [0.05, 0.1) is 11.4 Å². The molecule has 0 saturated heterocycles. The second kappa shape index (κ2) is 4.00. The first kappa shape index (κ1) is 11.3. The molecule has 0 fully saturated rings. The van der Waals surface area contributed by atoms with E-state index in [1.807, 2.05) is 47.4 Å². The molecule has 0 aliphatic carbocycles. The molecule has 0 saturated carbocycles. The second-order valence-corrected chi connectivity index (χ2v) is 5.86. The summed E-state index contributed by atoms with van der Waals surface area (Å²) in [6, 6.07) is 13.3. The van der Waals surface area contributed by atoms with Crippen LogP contribution in [-0.4, -0.2) is 10.3 Å². The number of halogens is 1. The van der Waals surface area contributed by atoms with E-state index in [0.717, 1.165) is 27.0 Å². The van der Waals surface area contributed by atoms with Crippen molar-refractivity contribution in [2.24, 2.45) is 4.99 Å². The minimum Gasteiger partial charge on any atom is -0.369 e. The quantitative estimate of drug-likeness (QED) is 0.797. The molecule has 0 radical (unpaired) electrons. The van der Waals surface area contributed by atoms with Gasteiger partial charge >= 0.3 is 0 Å². The van der Waals surface area contributed by atoms with Gasteiger partial charge in [0.2, 0.25) is 0 Å². The van der Waals surface area contributed by atoms with Crippen molar-refractivity contribution in [1.29, 1.82) is 0 Å². The number of para-hydroxylation sites is 1. The molecule has 94 valence electrons. The maximum Gasteiger partial charge on any atom is 0.176 e. The van der Waals surface area contributed by atoms with E-state index in [2.05, 4.69) is 4.99 Å². The third kappa shape index (κ3) is 1.61. The van der Waals surface area contributed by atoms with E-state index in [0.29, 0.717) is 5.02 Å². The first-order valence-corrected chi connectivity index (χ1v) is 7.06. The van der Waals surface area contributed by atoms with E-state index in [9.17, 15) is 5.11 Å². The molecule has 3 nitrogen and oxygen atoms in total. The van der Waals surface area contributed by atoms with Gasteiger partial charge in [0.25, 0.3) is 0 Å². The normalized spacial score (nSPS) is 19.6. The van der Waals surface area contributed by atoms with Gasteiger partial charge in [0, 0.05) is 15.5 Å². The first-order chi connectivity index (χ1) is 9.24. The van der Waals surface area contributed by atoms with E-state index < -0.39 is 6.23 Å². The molecule has 19 heavy (non-hydrogen) atoms. The highest BCUT2D eigenvalue weighted by Crippen LogP contribution is 2.49. The van der Waals surface area contributed by atoms with Crippen molar-refractivity contribution in [2.45, 2.75) is 11.1 Å². The van der Waals surface area contributed by atoms with Crippen LogP contribution in [-0.2, 0) is 0 Å². The fraction of sp³-hybridized carbons (Fsp3) is 0.0714.